The number of hydrazine groups is 2. The van der Waals surface area contributed by atoms with Gasteiger partial charge in [-0.05, 0) is 86.6 Å². The van der Waals surface area contributed by atoms with Crippen molar-refractivity contribution in [1.82, 2.24) is 16.3 Å². The van der Waals surface area contributed by atoms with Crippen molar-refractivity contribution >= 4 is 66.1 Å². The topological polar surface area (TPSA) is 292 Å². The van der Waals surface area contributed by atoms with Crippen molar-refractivity contribution in [2.75, 3.05) is 23.1 Å². The lowest BCUT2D eigenvalue weighted by atomic mass is 10.1. The zero-order chi connectivity index (χ0) is 51.2. The summed E-state index contributed by atoms with van der Waals surface area (Å²) in [6.07, 6.45) is -10.1. The Hall–Kier alpha value is -7.30. The Bertz CT molecular complexity index is 2740. The van der Waals surface area contributed by atoms with Crippen molar-refractivity contribution in [2.24, 2.45) is 5.84 Å². The fourth-order valence-electron chi connectivity index (χ4n) is 5.11. The normalized spacial score (nSPS) is 13.1. The molecule has 4 atom stereocenters. The smallest absolute Gasteiger partial charge is 0.407 e. The lowest BCUT2D eigenvalue weighted by molar-refractivity contribution is -0.140. The van der Waals surface area contributed by atoms with Gasteiger partial charge in [-0.15, -0.1) is 0 Å². The molecule has 0 unspecified atom stereocenters. The maximum absolute atomic E-state index is 13.2. The number of benzene rings is 4. The average Bonchev–Trinajstić information content (AvgIpc) is 3.25. The molecule has 3 amide bonds. The summed E-state index contributed by atoms with van der Waals surface area (Å²) in [5, 5.41) is 32.7. The molecule has 0 bridgehead atoms. The minimum absolute atomic E-state index is 0.0103. The highest BCUT2D eigenvalue weighted by Crippen LogP contribution is 2.39. The largest absolute Gasteiger partial charge is 0.480 e. The van der Waals surface area contributed by atoms with Gasteiger partial charge >= 0.3 is 18.3 Å². The van der Waals surface area contributed by atoms with E-state index in [4.69, 9.17) is 24.1 Å². The Morgan fingerprint density at radius 1 is 0.612 bits per heavy atom. The van der Waals surface area contributed by atoms with Gasteiger partial charge in [0.05, 0.1) is 46.3 Å². The Morgan fingerprint density at radius 3 is 1.27 bits per heavy atom. The van der Waals surface area contributed by atoms with Gasteiger partial charge in [0.25, 0.3) is 17.7 Å². The highest BCUT2D eigenvalue weighted by molar-refractivity contribution is 7.91. The number of carbonyl (C=O) groups excluding carboxylic acids is 3. The van der Waals surface area contributed by atoms with E-state index in [0.29, 0.717) is 17.7 Å². The fraction of sp³-hybridized carbons (Fsp3) is 0.250. The summed E-state index contributed by atoms with van der Waals surface area (Å²) in [6.45, 7) is 15.9. The number of nitrogens with zero attached hydrogens (tertiary/aromatic N) is 2. The van der Waals surface area contributed by atoms with Gasteiger partial charge in [0.2, 0.25) is 0 Å². The molecule has 0 radical (unpaired) electrons. The Labute approximate surface area is 378 Å². The Balaban J connectivity index is 0.000000383. The molecule has 19 nitrogen and oxygen atoms in total. The molecule has 0 aliphatic carbocycles. The van der Waals surface area contributed by atoms with E-state index in [1.807, 2.05) is 10.9 Å². The van der Waals surface area contributed by atoms with Crippen LogP contribution in [0.1, 0.15) is 45.7 Å². The number of halogens is 6. The van der Waals surface area contributed by atoms with E-state index in [2.05, 4.69) is 25.7 Å². The molecule has 4 aromatic carbocycles. The summed E-state index contributed by atoms with van der Waals surface area (Å²) >= 11 is 0. The van der Waals surface area contributed by atoms with Crippen LogP contribution in [0.2, 0.25) is 0 Å². The van der Waals surface area contributed by atoms with Crippen molar-refractivity contribution in [3.8, 4) is 0 Å². The number of hydrogen-bond acceptors (Lipinski definition) is 13. The number of aliphatic carboxylic acids is 1. The number of carboxylic acids is 1. The lowest BCUT2D eigenvalue weighted by Gasteiger charge is -2.23. The number of rotatable bonds is 12. The molecular formula is C40H40F6N8O11S2. The first kappa shape index (κ1) is 55.8. The maximum atomic E-state index is 13.2. The van der Waals surface area contributed by atoms with Crippen LogP contribution in [-0.2, 0) is 41.6 Å². The molecule has 0 fully saturated rings. The van der Waals surface area contributed by atoms with E-state index >= 15 is 0 Å². The third-order valence-corrected chi connectivity index (χ3v) is 10.8. The zero-order valence-corrected chi connectivity index (χ0v) is 36.7. The third-order valence-electron chi connectivity index (χ3n) is 8.52. The van der Waals surface area contributed by atoms with Crippen LogP contribution in [-0.4, -0.2) is 92.6 Å². The van der Waals surface area contributed by atoms with E-state index in [1.54, 1.807) is 0 Å². The molecule has 0 saturated heterocycles. The van der Waals surface area contributed by atoms with Crippen LogP contribution in [0.25, 0.3) is 9.69 Å². The van der Waals surface area contributed by atoms with Gasteiger partial charge in [-0.3, -0.25) is 30.7 Å². The number of nitrogen functional groups attached to an aromatic ring is 1. The van der Waals surface area contributed by atoms with Crippen molar-refractivity contribution in [3.63, 3.8) is 0 Å². The molecular weight excluding hydrogens is 947 g/mol. The molecule has 4 aromatic rings. The standard InChI is InChI=1S/C20H19F3N4O5S.C12H11F3N2O3.C8H10N2O3S/c1-11(28)17(25-13-6-9-16(24-2)15(10-13)20(21,22)23)19(30)27-26-18(29)12-4-7-14(8-5-12)33(3,31)32;1-6(18)10(11(19)20)17-7-3-4-9(16-2)8(5-7)12(13,14)15;1-14(12,13)7-4-2-6(3-5-7)8(11)10-9/h4-11,17,25,28H,1,3H3,(H,26,29)(H,27,30);3-6,10,17-18H,1H3,(H,19,20);2-5H,9H2,1H3,(H,10,11)/t11-,17-;6-,10-;/m11./s1. The summed E-state index contributed by atoms with van der Waals surface area (Å²) in [6, 6.07) is 12.9. The summed E-state index contributed by atoms with van der Waals surface area (Å²) in [7, 11) is -6.68. The van der Waals surface area contributed by atoms with Crippen molar-refractivity contribution in [2.45, 2.75) is 60.3 Å². The molecule has 0 saturated carbocycles. The molecule has 360 valence electrons. The number of aliphatic hydroxyl groups excluding tert-OH is 2. The summed E-state index contributed by atoms with van der Waals surface area (Å²) in [5.74, 6) is 1.29. The Morgan fingerprint density at radius 2 is 0.970 bits per heavy atom. The van der Waals surface area contributed by atoms with Gasteiger partial charge in [-0.2, -0.15) is 26.3 Å². The van der Waals surface area contributed by atoms with Gasteiger partial charge in [0.15, 0.2) is 37.1 Å². The predicted octanol–water partition coefficient (Wildman–Crippen LogP) is 4.48. The molecule has 4 rings (SSSR count). The SMILES string of the molecule is CS(=O)(=O)c1ccc(C(=O)NN)cc1.[C-]#[N+]c1ccc(N[C@@H](C(=O)NNC(=O)c2ccc(S(C)(=O)=O)cc2)[C@@H](C)O)cc1C(F)(F)F.[C-]#[N+]c1ccc(N[C@@H](C(=O)O)[C@@H](C)O)cc1C(F)(F)F. The monoisotopic (exact) mass is 986 g/mol. The number of amides is 3. The van der Waals surface area contributed by atoms with E-state index in [0.717, 1.165) is 36.8 Å². The van der Waals surface area contributed by atoms with Crippen molar-refractivity contribution in [1.29, 1.82) is 0 Å². The number of carboxylic acid groups (broad SMARTS) is 1. The molecule has 0 heterocycles. The second-order valence-electron chi connectivity index (χ2n) is 13.8. The molecule has 27 heteroatoms. The number of aliphatic hydroxyl groups is 2. The molecule has 10 N–H and O–H groups in total. The van der Waals surface area contributed by atoms with Gasteiger partial charge < -0.3 is 26.0 Å². The van der Waals surface area contributed by atoms with Crippen LogP contribution in [0.3, 0.4) is 0 Å². The van der Waals surface area contributed by atoms with Crippen LogP contribution in [0.5, 0.6) is 0 Å². The zero-order valence-electron chi connectivity index (χ0n) is 35.1. The first-order chi connectivity index (χ1) is 30.8. The second-order valence-corrected chi connectivity index (χ2v) is 17.8. The number of anilines is 2. The van der Waals surface area contributed by atoms with E-state index in [9.17, 15) is 72.6 Å². The first-order valence-electron chi connectivity index (χ1n) is 18.4. The van der Waals surface area contributed by atoms with Crippen LogP contribution < -0.4 is 32.8 Å². The quantitative estimate of drug-likeness (QED) is 0.0311. The lowest BCUT2D eigenvalue weighted by Crippen LogP contribution is -2.52. The van der Waals surface area contributed by atoms with Crippen LogP contribution in [0, 0.1) is 13.1 Å². The average molecular weight is 987 g/mol. The minimum atomic E-state index is -4.80. The highest BCUT2D eigenvalue weighted by atomic mass is 32.2. The number of nitrogens with one attached hydrogen (secondary N) is 5. The second kappa shape index (κ2) is 23.2. The molecule has 0 aliphatic rings. The van der Waals surface area contributed by atoms with Crippen molar-refractivity contribution < 1.29 is 77.7 Å². The maximum Gasteiger partial charge on any atom is 0.407 e. The summed E-state index contributed by atoms with van der Waals surface area (Å²) in [4.78, 5) is 52.2. The number of alkyl halides is 6. The van der Waals surface area contributed by atoms with Gasteiger partial charge in [0.1, 0.15) is 6.04 Å². The minimum Gasteiger partial charge on any atom is -0.480 e. The first-order valence-corrected chi connectivity index (χ1v) is 22.1. The summed E-state index contributed by atoms with van der Waals surface area (Å²) < 4.78 is 123. The van der Waals surface area contributed by atoms with Crippen LogP contribution in [0.4, 0.5) is 49.1 Å². The number of carbonyl (C=O) groups is 4. The summed E-state index contributed by atoms with van der Waals surface area (Å²) in [5.41, 5.74) is 2.52. The Kier molecular flexibility index (Phi) is 19.4. The molecule has 67 heavy (non-hydrogen) atoms. The van der Waals surface area contributed by atoms with Crippen molar-refractivity contribution in [3.05, 3.63) is 130 Å². The fourth-order valence-corrected chi connectivity index (χ4v) is 6.37. The predicted molar refractivity (Wildman–Crippen MR) is 228 cm³/mol. The number of hydrogen-bond donors (Lipinski definition) is 9. The highest BCUT2D eigenvalue weighted by Gasteiger charge is 2.35. The molecule has 0 spiro atoms. The number of sulfone groups is 2. The van der Waals surface area contributed by atoms with Gasteiger partial charge in [0, 0.05) is 35.0 Å². The van der Waals surface area contributed by atoms with E-state index in [-0.39, 0.29) is 26.7 Å². The molecule has 0 aromatic heterocycles. The number of nitrogens with two attached hydrogens (primary N) is 1. The third kappa shape index (κ3) is 16.9. The van der Waals surface area contributed by atoms with E-state index in [1.165, 1.54) is 62.4 Å². The molecule has 0 aliphatic heterocycles. The van der Waals surface area contributed by atoms with E-state index < -0.39 is 103 Å². The van der Waals surface area contributed by atoms with Gasteiger partial charge in [-0.25, -0.2) is 37.2 Å². The van der Waals surface area contributed by atoms with Crippen LogP contribution >= 0.6 is 0 Å². The van der Waals surface area contributed by atoms with Gasteiger partial charge in [-0.1, -0.05) is 12.1 Å². The van der Waals surface area contributed by atoms with Crippen LogP contribution in [0.15, 0.2) is 94.7 Å².